The highest BCUT2D eigenvalue weighted by Gasteiger charge is 2.29. The van der Waals surface area contributed by atoms with Crippen LogP contribution in [0.4, 0.5) is 0 Å². The number of amides is 1. The molecule has 0 N–H and O–H groups in total. The zero-order valence-corrected chi connectivity index (χ0v) is 13.8. The van der Waals surface area contributed by atoms with E-state index in [1.165, 1.54) is 0 Å². The van der Waals surface area contributed by atoms with Gasteiger partial charge in [0.05, 0.1) is 24.1 Å². The predicted octanol–water partition coefficient (Wildman–Crippen LogP) is 2.58. The lowest BCUT2D eigenvalue weighted by molar-refractivity contribution is -0.144. The minimum atomic E-state index is -0.244. The highest BCUT2D eigenvalue weighted by atomic mass is 16.5. The molecule has 6 heteroatoms. The first-order chi connectivity index (χ1) is 11.7. The summed E-state index contributed by atoms with van der Waals surface area (Å²) in [6, 6.07) is 5.25. The van der Waals surface area contributed by atoms with Gasteiger partial charge in [-0.05, 0) is 44.4 Å². The molecule has 1 saturated heterocycles. The summed E-state index contributed by atoms with van der Waals surface area (Å²) < 4.78 is 5.04. The first-order valence-corrected chi connectivity index (χ1v) is 8.36. The molecule has 0 unspecified atom stereocenters. The average molecular weight is 327 g/mol. The minimum Gasteiger partial charge on any atom is -0.466 e. The highest BCUT2D eigenvalue weighted by molar-refractivity contribution is 5.97. The SMILES string of the molecule is CCOC(=O)C[C@H]1CCCCN1C(=O)c1ccc2nccnc2c1. The molecule has 6 nitrogen and oxygen atoms in total. The van der Waals surface area contributed by atoms with Crippen molar-refractivity contribution in [2.24, 2.45) is 0 Å². The maximum Gasteiger partial charge on any atom is 0.307 e. The molecular weight excluding hydrogens is 306 g/mol. The van der Waals surface area contributed by atoms with E-state index in [0.29, 0.717) is 24.2 Å². The first kappa shape index (κ1) is 16.4. The number of carbonyl (C=O) groups excluding carboxylic acids is 2. The molecule has 1 atom stereocenters. The van der Waals surface area contributed by atoms with Crippen LogP contribution in [0.3, 0.4) is 0 Å². The molecule has 0 radical (unpaired) electrons. The quantitative estimate of drug-likeness (QED) is 0.807. The molecule has 2 heterocycles. The topological polar surface area (TPSA) is 72.4 Å². The highest BCUT2D eigenvalue weighted by Crippen LogP contribution is 2.23. The Kier molecular flexibility index (Phi) is 5.03. The average Bonchev–Trinajstić information content (AvgIpc) is 2.61. The number of ether oxygens (including phenoxy) is 1. The number of carbonyl (C=O) groups is 2. The van der Waals surface area contributed by atoms with E-state index < -0.39 is 0 Å². The van der Waals surface area contributed by atoms with Gasteiger partial charge in [0.25, 0.3) is 5.91 Å². The molecule has 0 spiro atoms. The van der Waals surface area contributed by atoms with Gasteiger partial charge in [0.1, 0.15) is 0 Å². The van der Waals surface area contributed by atoms with Gasteiger partial charge in [-0.3, -0.25) is 19.6 Å². The van der Waals surface area contributed by atoms with Crippen LogP contribution >= 0.6 is 0 Å². The van der Waals surface area contributed by atoms with Crippen LogP contribution in [-0.2, 0) is 9.53 Å². The van der Waals surface area contributed by atoms with Crippen molar-refractivity contribution in [2.75, 3.05) is 13.2 Å². The Morgan fingerprint density at radius 2 is 2.00 bits per heavy atom. The van der Waals surface area contributed by atoms with E-state index in [-0.39, 0.29) is 24.3 Å². The Bertz CT molecular complexity index is 747. The zero-order valence-electron chi connectivity index (χ0n) is 13.8. The van der Waals surface area contributed by atoms with Gasteiger partial charge in [0, 0.05) is 30.5 Å². The summed E-state index contributed by atoms with van der Waals surface area (Å²) in [6.45, 7) is 2.82. The number of aromatic nitrogens is 2. The Morgan fingerprint density at radius 3 is 2.79 bits per heavy atom. The molecule has 1 aliphatic rings. The molecule has 1 aliphatic heterocycles. The summed E-state index contributed by atoms with van der Waals surface area (Å²) in [5.74, 6) is -0.303. The number of esters is 1. The fraction of sp³-hybridized carbons (Fsp3) is 0.444. The Hall–Kier alpha value is -2.50. The number of hydrogen-bond donors (Lipinski definition) is 0. The van der Waals surface area contributed by atoms with Crippen LogP contribution in [0.1, 0.15) is 43.0 Å². The van der Waals surface area contributed by atoms with E-state index in [9.17, 15) is 9.59 Å². The van der Waals surface area contributed by atoms with Gasteiger partial charge < -0.3 is 9.64 Å². The van der Waals surface area contributed by atoms with E-state index in [1.54, 1.807) is 42.4 Å². The molecule has 1 aromatic carbocycles. The second kappa shape index (κ2) is 7.38. The monoisotopic (exact) mass is 327 g/mol. The van der Waals surface area contributed by atoms with E-state index in [0.717, 1.165) is 24.8 Å². The molecule has 1 fully saturated rings. The number of fused-ring (bicyclic) bond motifs is 1. The molecule has 0 saturated carbocycles. The van der Waals surface area contributed by atoms with Crippen LogP contribution in [0, 0.1) is 0 Å². The molecule has 1 amide bonds. The van der Waals surface area contributed by atoms with Gasteiger partial charge in [-0.25, -0.2) is 0 Å². The van der Waals surface area contributed by atoms with Crippen LogP contribution in [0.15, 0.2) is 30.6 Å². The van der Waals surface area contributed by atoms with Crippen LogP contribution in [-0.4, -0.2) is 45.9 Å². The molecular formula is C18H21N3O3. The summed E-state index contributed by atoms with van der Waals surface area (Å²) >= 11 is 0. The fourth-order valence-corrected chi connectivity index (χ4v) is 3.15. The van der Waals surface area contributed by atoms with Crippen LogP contribution < -0.4 is 0 Å². The summed E-state index contributed by atoms with van der Waals surface area (Å²) in [5.41, 5.74) is 2.04. The summed E-state index contributed by atoms with van der Waals surface area (Å²) in [4.78, 5) is 35.0. The number of nitrogens with zero attached hydrogens (tertiary/aromatic N) is 3. The summed E-state index contributed by atoms with van der Waals surface area (Å²) in [6.07, 6.45) is 6.31. The lowest BCUT2D eigenvalue weighted by Crippen LogP contribution is -2.45. The van der Waals surface area contributed by atoms with Gasteiger partial charge in [-0.1, -0.05) is 0 Å². The Balaban J connectivity index is 1.80. The first-order valence-electron chi connectivity index (χ1n) is 8.36. The molecule has 126 valence electrons. The van der Waals surface area contributed by atoms with Crippen LogP contribution in [0.2, 0.25) is 0 Å². The molecule has 2 aromatic rings. The third-order valence-corrected chi connectivity index (χ3v) is 4.31. The van der Waals surface area contributed by atoms with E-state index in [2.05, 4.69) is 9.97 Å². The zero-order chi connectivity index (χ0) is 16.9. The third kappa shape index (κ3) is 3.53. The van der Waals surface area contributed by atoms with E-state index in [1.807, 2.05) is 0 Å². The van der Waals surface area contributed by atoms with Gasteiger partial charge in [-0.2, -0.15) is 0 Å². The van der Waals surface area contributed by atoms with Crippen LogP contribution in [0.25, 0.3) is 11.0 Å². The Morgan fingerprint density at radius 1 is 1.21 bits per heavy atom. The predicted molar refractivity (Wildman–Crippen MR) is 89.5 cm³/mol. The molecule has 0 bridgehead atoms. The van der Waals surface area contributed by atoms with Crippen molar-refractivity contribution < 1.29 is 14.3 Å². The van der Waals surface area contributed by atoms with Crippen molar-refractivity contribution in [2.45, 2.75) is 38.6 Å². The standard InChI is InChI=1S/C18H21N3O3/c1-2-24-17(22)12-14-5-3-4-10-21(14)18(23)13-6-7-15-16(11-13)20-9-8-19-15/h6-9,11,14H,2-5,10,12H2,1H3/t14-/m1/s1. The number of likely N-dealkylation sites (tertiary alicyclic amines) is 1. The summed E-state index contributed by atoms with van der Waals surface area (Å²) in [7, 11) is 0. The molecule has 24 heavy (non-hydrogen) atoms. The second-order valence-corrected chi connectivity index (χ2v) is 5.92. The maximum atomic E-state index is 12.9. The molecule has 3 rings (SSSR count). The molecule has 1 aromatic heterocycles. The van der Waals surface area contributed by atoms with Crippen LogP contribution in [0.5, 0.6) is 0 Å². The Labute approximate surface area is 140 Å². The lowest BCUT2D eigenvalue weighted by atomic mass is 9.98. The van der Waals surface area contributed by atoms with Crippen molar-refractivity contribution >= 4 is 22.9 Å². The smallest absolute Gasteiger partial charge is 0.307 e. The van der Waals surface area contributed by atoms with Gasteiger partial charge in [0.15, 0.2) is 0 Å². The number of piperidine rings is 1. The number of hydrogen-bond acceptors (Lipinski definition) is 5. The third-order valence-electron chi connectivity index (χ3n) is 4.31. The van der Waals surface area contributed by atoms with E-state index in [4.69, 9.17) is 4.74 Å². The second-order valence-electron chi connectivity index (χ2n) is 5.92. The fourth-order valence-electron chi connectivity index (χ4n) is 3.15. The van der Waals surface area contributed by atoms with Crippen molar-refractivity contribution in [1.82, 2.24) is 14.9 Å². The number of rotatable bonds is 4. The van der Waals surface area contributed by atoms with Crippen molar-refractivity contribution in [3.63, 3.8) is 0 Å². The largest absolute Gasteiger partial charge is 0.466 e. The van der Waals surface area contributed by atoms with E-state index >= 15 is 0 Å². The van der Waals surface area contributed by atoms with Crippen molar-refractivity contribution in [3.05, 3.63) is 36.2 Å². The number of benzene rings is 1. The van der Waals surface area contributed by atoms with Gasteiger partial charge in [-0.15, -0.1) is 0 Å². The van der Waals surface area contributed by atoms with Gasteiger partial charge in [0.2, 0.25) is 0 Å². The van der Waals surface area contributed by atoms with Crippen molar-refractivity contribution in [1.29, 1.82) is 0 Å². The normalized spacial score (nSPS) is 17.7. The lowest BCUT2D eigenvalue weighted by Gasteiger charge is -2.35. The maximum absolute atomic E-state index is 12.9. The van der Waals surface area contributed by atoms with Gasteiger partial charge >= 0.3 is 5.97 Å². The summed E-state index contributed by atoms with van der Waals surface area (Å²) in [5, 5.41) is 0. The minimum absolute atomic E-state index is 0.0587. The van der Waals surface area contributed by atoms with Crippen molar-refractivity contribution in [3.8, 4) is 0 Å². The molecule has 0 aliphatic carbocycles.